The van der Waals surface area contributed by atoms with Crippen molar-refractivity contribution < 1.29 is 4.74 Å². The minimum atomic E-state index is 0.356. The van der Waals surface area contributed by atoms with Crippen LogP contribution < -0.4 is 10.1 Å². The maximum absolute atomic E-state index is 6.48. The van der Waals surface area contributed by atoms with Crippen LogP contribution in [0.4, 0.5) is 0 Å². The Bertz CT molecular complexity index is 585. The second kappa shape index (κ2) is 7.60. The summed E-state index contributed by atoms with van der Waals surface area (Å²) in [6.07, 6.45) is 9.40. The standard InChI is InChI=1S/C20H32N4O/c1-23(2)13-8-15-3-4-18-20-17(9-14-24(15)18)22-12-7-19(20)25-16-5-10-21-11-6-16/h7,12,15-16,18,21H,3-6,8-11,13-14H2,1-2H3/t15?,18-/m1/s1. The minimum absolute atomic E-state index is 0.356. The summed E-state index contributed by atoms with van der Waals surface area (Å²) in [5.41, 5.74) is 2.68. The number of nitrogens with one attached hydrogen (secondary N) is 1. The third-order valence-corrected chi connectivity index (χ3v) is 6.10. The second-order valence-electron chi connectivity index (χ2n) is 8.06. The Kier molecular flexibility index (Phi) is 5.25. The average Bonchev–Trinajstić information content (AvgIpc) is 3.04. The van der Waals surface area contributed by atoms with Crippen molar-refractivity contribution in [2.75, 3.05) is 40.3 Å². The zero-order valence-electron chi connectivity index (χ0n) is 15.7. The van der Waals surface area contributed by atoms with Crippen LogP contribution in [0.2, 0.25) is 0 Å². The molecule has 0 aromatic carbocycles. The molecule has 0 radical (unpaired) electrons. The molecule has 1 unspecified atom stereocenters. The van der Waals surface area contributed by atoms with Gasteiger partial charge in [0.05, 0.1) is 5.69 Å². The summed E-state index contributed by atoms with van der Waals surface area (Å²) >= 11 is 0. The van der Waals surface area contributed by atoms with Gasteiger partial charge in [0, 0.05) is 36.8 Å². The molecule has 2 fully saturated rings. The molecule has 0 amide bonds. The van der Waals surface area contributed by atoms with Crippen LogP contribution in [0.5, 0.6) is 5.75 Å². The first kappa shape index (κ1) is 17.3. The van der Waals surface area contributed by atoms with Gasteiger partial charge in [0.2, 0.25) is 0 Å². The van der Waals surface area contributed by atoms with E-state index in [0.717, 1.165) is 44.6 Å². The Morgan fingerprint density at radius 2 is 2.08 bits per heavy atom. The van der Waals surface area contributed by atoms with Crippen molar-refractivity contribution in [1.29, 1.82) is 0 Å². The molecule has 2 atom stereocenters. The number of rotatable bonds is 5. The molecule has 0 bridgehead atoms. The summed E-state index contributed by atoms with van der Waals surface area (Å²) in [5, 5.41) is 3.42. The summed E-state index contributed by atoms with van der Waals surface area (Å²) in [7, 11) is 4.35. The molecule has 25 heavy (non-hydrogen) atoms. The Labute approximate surface area is 151 Å². The molecular formula is C20H32N4O. The van der Waals surface area contributed by atoms with Gasteiger partial charge in [-0.25, -0.2) is 0 Å². The quantitative estimate of drug-likeness (QED) is 0.887. The molecule has 1 N–H and O–H groups in total. The van der Waals surface area contributed by atoms with Gasteiger partial charge >= 0.3 is 0 Å². The minimum Gasteiger partial charge on any atom is -0.490 e. The lowest BCUT2D eigenvalue weighted by molar-refractivity contribution is 0.140. The number of hydrogen-bond acceptors (Lipinski definition) is 5. The third kappa shape index (κ3) is 3.69. The molecule has 3 aliphatic heterocycles. The van der Waals surface area contributed by atoms with Crippen molar-refractivity contribution in [3.05, 3.63) is 23.5 Å². The van der Waals surface area contributed by atoms with Gasteiger partial charge < -0.3 is 15.0 Å². The topological polar surface area (TPSA) is 40.6 Å². The van der Waals surface area contributed by atoms with Gasteiger partial charge in [0.15, 0.2) is 0 Å². The largest absolute Gasteiger partial charge is 0.490 e. The molecule has 0 aliphatic carbocycles. The molecule has 138 valence electrons. The van der Waals surface area contributed by atoms with Gasteiger partial charge in [-0.15, -0.1) is 0 Å². The predicted octanol–water partition coefficient (Wildman–Crippen LogP) is 2.23. The highest BCUT2D eigenvalue weighted by Crippen LogP contribution is 2.45. The lowest BCUT2D eigenvalue weighted by atomic mass is 9.96. The van der Waals surface area contributed by atoms with Gasteiger partial charge in [-0.1, -0.05) is 0 Å². The van der Waals surface area contributed by atoms with Crippen LogP contribution in [0.1, 0.15) is 49.4 Å². The monoisotopic (exact) mass is 344 g/mol. The van der Waals surface area contributed by atoms with Crippen molar-refractivity contribution in [3.8, 4) is 5.75 Å². The van der Waals surface area contributed by atoms with E-state index in [1.807, 2.05) is 6.20 Å². The lowest BCUT2D eigenvalue weighted by Crippen LogP contribution is -2.39. The summed E-state index contributed by atoms with van der Waals surface area (Å²) in [4.78, 5) is 9.75. The highest BCUT2D eigenvalue weighted by atomic mass is 16.5. The van der Waals surface area contributed by atoms with Gasteiger partial charge in [-0.05, 0) is 71.9 Å². The van der Waals surface area contributed by atoms with E-state index < -0.39 is 0 Å². The fourth-order valence-electron chi connectivity index (χ4n) is 4.79. The highest BCUT2D eigenvalue weighted by molar-refractivity contribution is 5.41. The fraction of sp³-hybridized carbons (Fsp3) is 0.750. The number of pyridine rings is 1. The van der Waals surface area contributed by atoms with Crippen LogP contribution in [-0.4, -0.2) is 67.2 Å². The molecule has 2 saturated heterocycles. The van der Waals surface area contributed by atoms with Crippen molar-refractivity contribution in [2.45, 2.75) is 56.7 Å². The first-order valence-electron chi connectivity index (χ1n) is 9.98. The van der Waals surface area contributed by atoms with Crippen LogP contribution in [0, 0.1) is 0 Å². The van der Waals surface area contributed by atoms with Gasteiger partial charge in [0.1, 0.15) is 11.9 Å². The van der Waals surface area contributed by atoms with E-state index in [0.29, 0.717) is 18.2 Å². The summed E-state index contributed by atoms with van der Waals surface area (Å²) in [6, 6.07) is 3.34. The number of aromatic nitrogens is 1. The SMILES string of the molecule is CN(C)CCC1CC[C@@H]2c3c(OC4CCNCC4)ccnc3CCN12. The molecule has 0 saturated carbocycles. The van der Waals surface area contributed by atoms with Crippen LogP contribution in [-0.2, 0) is 6.42 Å². The molecule has 5 nitrogen and oxygen atoms in total. The average molecular weight is 345 g/mol. The Hall–Kier alpha value is -1.17. The number of piperidine rings is 1. The molecular weight excluding hydrogens is 312 g/mol. The van der Waals surface area contributed by atoms with Crippen molar-refractivity contribution in [1.82, 2.24) is 20.1 Å². The Morgan fingerprint density at radius 3 is 2.88 bits per heavy atom. The molecule has 5 heteroatoms. The van der Waals surface area contributed by atoms with E-state index in [-0.39, 0.29) is 0 Å². The zero-order chi connectivity index (χ0) is 17.2. The van der Waals surface area contributed by atoms with Gasteiger partial charge in [0.25, 0.3) is 0 Å². The second-order valence-corrected chi connectivity index (χ2v) is 8.06. The van der Waals surface area contributed by atoms with E-state index in [2.05, 4.69) is 35.3 Å². The number of ether oxygens (including phenoxy) is 1. The number of nitrogens with zero attached hydrogens (tertiary/aromatic N) is 3. The van der Waals surface area contributed by atoms with Crippen molar-refractivity contribution in [3.63, 3.8) is 0 Å². The number of fused-ring (bicyclic) bond motifs is 3. The Morgan fingerprint density at radius 1 is 1.24 bits per heavy atom. The fourth-order valence-corrected chi connectivity index (χ4v) is 4.79. The lowest BCUT2D eigenvalue weighted by Gasteiger charge is -2.37. The zero-order valence-corrected chi connectivity index (χ0v) is 15.7. The molecule has 4 rings (SSSR count). The summed E-state index contributed by atoms with van der Waals surface area (Å²) in [5.74, 6) is 1.11. The van der Waals surface area contributed by atoms with E-state index in [1.54, 1.807) is 0 Å². The molecule has 1 aromatic rings. The maximum atomic E-state index is 6.48. The van der Waals surface area contributed by atoms with E-state index in [1.165, 1.54) is 37.1 Å². The Balaban J connectivity index is 1.52. The van der Waals surface area contributed by atoms with Crippen LogP contribution in [0.3, 0.4) is 0 Å². The molecule has 0 spiro atoms. The van der Waals surface area contributed by atoms with E-state index in [4.69, 9.17) is 9.72 Å². The van der Waals surface area contributed by atoms with Crippen LogP contribution in [0.25, 0.3) is 0 Å². The third-order valence-electron chi connectivity index (χ3n) is 6.10. The van der Waals surface area contributed by atoms with Crippen LogP contribution >= 0.6 is 0 Å². The van der Waals surface area contributed by atoms with Crippen molar-refractivity contribution >= 4 is 0 Å². The predicted molar refractivity (Wildman–Crippen MR) is 100 cm³/mol. The first-order valence-corrected chi connectivity index (χ1v) is 9.98. The van der Waals surface area contributed by atoms with Crippen LogP contribution in [0.15, 0.2) is 12.3 Å². The number of hydrogen-bond donors (Lipinski definition) is 1. The normalized spacial score (nSPS) is 27.3. The molecule has 4 heterocycles. The first-order chi connectivity index (χ1) is 12.2. The van der Waals surface area contributed by atoms with E-state index >= 15 is 0 Å². The van der Waals surface area contributed by atoms with E-state index in [9.17, 15) is 0 Å². The summed E-state index contributed by atoms with van der Waals surface area (Å²) in [6.45, 7) is 4.46. The van der Waals surface area contributed by atoms with Crippen molar-refractivity contribution in [2.24, 2.45) is 0 Å². The summed E-state index contributed by atoms with van der Waals surface area (Å²) < 4.78 is 6.48. The maximum Gasteiger partial charge on any atom is 0.127 e. The van der Waals surface area contributed by atoms with Gasteiger partial charge in [-0.2, -0.15) is 0 Å². The highest BCUT2D eigenvalue weighted by Gasteiger charge is 2.40. The van der Waals surface area contributed by atoms with Gasteiger partial charge in [-0.3, -0.25) is 9.88 Å². The molecule has 3 aliphatic rings. The molecule has 1 aromatic heterocycles. The smallest absolute Gasteiger partial charge is 0.127 e.